The van der Waals surface area contributed by atoms with Gasteiger partial charge in [0.2, 0.25) is 0 Å². The number of hydrogen-bond acceptors (Lipinski definition) is 4. The molecule has 1 N–H and O–H groups in total. The van der Waals surface area contributed by atoms with Crippen LogP contribution >= 0.6 is 11.6 Å². The van der Waals surface area contributed by atoms with Crippen LogP contribution in [-0.2, 0) is 16.6 Å². The highest BCUT2D eigenvalue weighted by Crippen LogP contribution is 2.37. The van der Waals surface area contributed by atoms with E-state index in [1.54, 1.807) is 18.7 Å². The molecule has 1 aromatic carbocycles. The fraction of sp³-hybridized carbons (Fsp3) is 0.455. The first-order chi connectivity index (χ1) is 13.6. The second-order valence-corrected chi connectivity index (χ2v) is 8.31. The van der Waals surface area contributed by atoms with Crippen molar-refractivity contribution in [3.8, 4) is 0 Å². The first-order valence-corrected chi connectivity index (χ1v) is 10.1. The lowest BCUT2D eigenvalue weighted by molar-refractivity contribution is -0.124. The molecule has 3 rings (SSSR count). The Bertz CT molecular complexity index is 986. The Kier molecular flexibility index (Phi) is 5.94. The van der Waals surface area contributed by atoms with Crippen molar-refractivity contribution in [1.29, 1.82) is 0 Å². The highest BCUT2D eigenvalue weighted by molar-refractivity contribution is 6.34. The van der Waals surface area contributed by atoms with E-state index in [1.807, 2.05) is 32.9 Å². The number of rotatable bonds is 5. The maximum atomic E-state index is 13.0. The van der Waals surface area contributed by atoms with Crippen LogP contribution in [0.15, 0.2) is 12.1 Å². The molecule has 0 spiro atoms. The lowest BCUT2D eigenvalue weighted by Gasteiger charge is -2.16. The minimum absolute atomic E-state index is 0.0372. The molecule has 1 fully saturated rings. The number of nitrogens with zero attached hydrogens (tertiary/aromatic N) is 2. The molecule has 2 unspecified atom stereocenters. The van der Waals surface area contributed by atoms with Crippen LogP contribution in [0.1, 0.15) is 57.2 Å². The molecule has 1 amide bonds. The van der Waals surface area contributed by atoms with Crippen molar-refractivity contribution in [1.82, 2.24) is 15.1 Å². The third-order valence-electron chi connectivity index (χ3n) is 5.74. The fourth-order valence-electron chi connectivity index (χ4n) is 4.22. The molecule has 6 nitrogen and oxygen atoms in total. The number of halogens is 1. The van der Waals surface area contributed by atoms with Crippen LogP contribution in [0.5, 0.6) is 0 Å². The molecule has 0 bridgehead atoms. The van der Waals surface area contributed by atoms with Crippen LogP contribution < -0.4 is 5.32 Å². The number of hydrogen-bond donors (Lipinski definition) is 1. The highest BCUT2D eigenvalue weighted by atomic mass is 35.5. The molecule has 2 atom stereocenters. The zero-order chi connectivity index (χ0) is 21.5. The minimum Gasteiger partial charge on any atom is -0.351 e. The molecule has 1 aliphatic rings. The van der Waals surface area contributed by atoms with E-state index >= 15 is 0 Å². The zero-order valence-corrected chi connectivity index (χ0v) is 18.2. The molecule has 0 aliphatic heterocycles. The number of aryl methyl sites for hydroxylation is 4. The van der Waals surface area contributed by atoms with Crippen LogP contribution in [0.4, 0.5) is 0 Å². The Hall–Kier alpha value is -2.47. The summed E-state index contributed by atoms with van der Waals surface area (Å²) < 4.78 is 1.55. The number of carbonyl (C=O) groups excluding carboxylic acids is 3. The van der Waals surface area contributed by atoms with Crippen LogP contribution in [0, 0.1) is 33.6 Å². The molecule has 7 heteroatoms. The number of nitrogens with one attached hydrogen (secondary N) is 1. The molecule has 0 saturated heterocycles. The number of Topliss-reactive ketones (excluding diaryl/α,β-unsaturated/α-hetero) is 2. The Balaban J connectivity index is 1.66. The van der Waals surface area contributed by atoms with E-state index < -0.39 is 5.92 Å². The quantitative estimate of drug-likeness (QED) is 0.759. The number of benzene rings is 1. The lowest BCUT2D eigenvalue weighted by atomic mass is 9.86. The van der Waals surface area contributed by atoms with Gasteiger partial charge in [-0.3, -0.25) is 19.1 Å². The Morgan fingerprint density at radius 3 is 2.38 bits per heavy atom. The molecule has 29 heavy (non-hydrogen) atoms. The number of carbonyl (C=O) groups is 3. The summed E-state index contributed by atoms with van der Waals surface area (Å²) in [6, 6.07) is 4.02. The number of amides is 1. The number of ketones is 2. The standard InChI is InChI=1S/C22H26ClN3O3/c1-11-8-12(2)17(13(3)9-11)18-16(27)10-15(21(18)28)6-7-24-22(29)20-19(23)14(4)26(5)25-20/h8-9,15,18H,6-7,10H2,1-5H3,(H,24,29). The van der Waals surface area contributed by atoms with Gasteiger partial charge in [0.25, 0.3) is 5.91 Å². The summed E-state index contributed by atoms with van der Waals surface area (Å²) >= 11 is 6.14. The van der Waals surface area contributed by atoms with Gasteiger partial charge in [0.15, 0.2) is 11.5 Å². The van der Waals surface area contributed by atoms with E-state index in [4.69, 9.17) is 11.6 Å². The van der Waals surface area contributed by atoms with Gasteiger partial charge in [0.05, 0.1) is 10.7 Å². The smallest absolute Gasteiger partial charge is 0.273 e. The van der Waals surface area contributed by atoms with Gasteiger partial charge in [-0.1, -0.05) is 29.3 Å². The average Bonchev–Trinajstić information content (AvgIpc) is 3.05. The molecule has 2 aromatic rings. The van der Waals surface area contributed by atoms with E-state index in [0.717, 1.165) is 22.3 Å². The van der Waals surface area contributed by atoms with Crippen molar-refractivity contribution in [2.45, 2.75) is 46.5 Å². The summed E-state index contributed by atoms with van der Waals surface area (Å²) in [5.74, 6) is -1.54. The molecule has 154 valence electrons. The van der Waals surface area contributed by atoms with Gasteiger partial charge in [0, 0.05) is 25.9 Å². The Labute approximate surface area is 175 Å². The summed E-state index contributed by atoms with van der Waals surface area (Å²) in [7, 11) is 1.72. The fourth-order valence-corrected chi connectivity index (χ4v) is 4.47. The zero-order valence-electron chi connectivity index (χ0n) is 17.4. The van der Waals surface area contributed by atoms with Crippen molar-refractivity contribution in [2.75, 3.05) is 6.54 Å². The Morgan fingerprint density at radius 2 is 1.83 bits per heavy atom. The van der Waals surface area contributed by atoms with Gasteiger partial charge < -0.3 is 5.32 Å². The average molecular weight is 416 g/mol. The Morgan fingerprint density at radius 1 is 1.21 bits per heavy atom. The molecule has 1 heterocycles. The van der Waals surface area contributed by atoms with Crippen LogP contribution in [-0.4, -0.2) is 33.8 Å². The number of aromatic nitrogens is 2. The first kappa shape index (κ1) is 21.2. The molecular weight excluding hydrogens is 390 g/mol. The second kappa shape index (κ2) is 8.11. The topological polar surface area (TPSA) is 81.1 Å². The van der Waals surface area contributed by atoms with E-state index in [0.29, 0.717) is 17.1 Å². The van der Waals surface area contributed by atoms with Gasteiger partial charge in [-0.25, -0.2) is 0 Å². The normalized spacial score (nSPS) is 19.1. The van der Waals surface area contributed by atoms with E-state index in [9.17, 15) is 14.4 Å². The maximum absolute atomic E-state index is 13.0. The minimum atomic E-state index is -0.691. The van der Waals surface area contributed by atoms with Gasteiger partial charge in [0.1, 0.15) is 11.7 Å². The van der Waals surface area contributed by atoms with E-state index in [2.05, 4.69) is 10.4 Å². The summed E-state index contributed by atoms with van der Waals surface area (Å²) in [6.07, 6.45) is 0.635. The largest absolute Gasteiger partial charge is 0.351 e. The second-order valence-electron chi connectivity index (χ2n) is 7.93. The molecule has 1 aromatic heterocycles. The third-order valence-corrected chi connectivity index (χ3v) is 6.19. The van der Waals surface area contributed by atoms with Gasteiger partial charge >= 0.3 is 0 Å². The molecule has 0 radical (unpaired) electrons. The monoisotopic (exact) mass is 415 g/mol. The van der Waals surface area contributed by atoms with Crippen LogP contribution in [0.3, 0.4) is 0 Å². The van der Waals surface area contributed by atoms with Crippen molar-refractivity contribution in [2.24, 2.45) is 13.0 Å². The summed E-state index contributed by atoms with van der Waals surface area (Å²) in [5.41, 5.74) is 4.79. The van der Waals surface area contributed by atoms with Gasteiger partial charge in [-0.2, -0.15) is 5.10 Å². The van der Waals surface area contributed by atoms with Crippen molar-refractivity contribution < 1.29 is 14.4 Å². The van der Waals surface area contributed by atoms with E-state index in [1.165, 1.54) is 0 Å². The summed E-state index contributed by atoms with van der Waals surface area (Å²) in [5, 5.41) is 7.20. The molecule has 1 saturated carbocycles. The molecular formula is C22H26ClN3O3. The highest BCUT2D eigenvalue weighted by Gasteiger charge is 2.42. The predicted molar refractivity (Wildman–Crippen MR) is 111 cm³/mol. The first-order valence-electron chi connectivity index (χ1n) is 9.73. The van der Waals surface area contributed by atoms with Gasteiger partial charge in [-0.15, -0.1) is 0 Å². The van der Waals surface area contributed by atoms with Crippen molar-refractivity contribution in [3.63, 3.8) is 0 Å². The SMILES string of the molecule is Cc1cc(C)c(C2C(=O)CC(CCNC(=O)c3nn(C)c(C)c3Cl)C2=O)c(C)c1. The van der Waals surface area contributed by atoms with Gasteiger partial charge in [-0.05, 0) is 50.8 Å². The van der Waals surface area contributed by atoms with E-state index in [-0.39, 0.29) is 42.1 Å². The maximum Gasteiger partial charge on any atom is 0.273 e. The third kappa shape index (κ3) is 3.99. The van der Waals surface area contributed by atoms with Crippen LogP contribution in [0.25, 0.3) is 0 Å². The van der Waals surface area contributed by atoms with Crippen molar-refractivity contribution >= 4 is 29.1 Å². The summed E-state index contributed by atoms with van der Waals surface area (Å²) in [4.78, 5) is 38.0. The lowest BCUT2D eigenvalue weighted by Crippen LogP contribution is -2.28. The molecule has 1 aliphatic carbocycles. The summed E-state index contributed by atoms with van der Waals surface area (Å²) in [6.45, 7) is 7.96. The van der Waals surface area contributed by atoms with Crippen LogP contribution in [0.2, 0.25) is 5.02 Å². The van der Waals surface area contributed by atoms with Crippen molar-refractivity contribution in [3.05, 3.63) is 50.8 Å². The predicted octanol–water partition coefficient (Wildman–Crippen LogP) is 3.37.